The first-order valence-corrected chi connectivity index (χ1v) is 11.2. The fourth-order valence-corrected chi connectivity index (χ4v) is 3.16. The van der Waals surface area contributed by atoms with Gasteiger partial charge in [0.2, 0.25) is 10.0 Å². The molecule has 29 heavy (non-hydrogen) atoms. The molecule has 0 fully saturated rings. The summed E-state index contributed by atoms with van der Waals surface area (Å²) < 4.78 is 24.6. The number of sulfonamides is 1. The first-order valence-electron chi connectivity index (χ1n) is 8.99. The van der Waals surface area contributed by atoms with Crippen molar-refractivity contribution in [2.24, 2.45) is 0 Å². The minimum Gasteiger partial charge on any atom is -0.350 e. The Morgan fingerprint density at radius 1 is 1.10 bits per heavy atom. The van der Waals surface area contributed by atoms with Crippen molar-refractivity contribution in [3.8, 4) is 0 Å². The maximum absolute atomic E-state index is 12.8. The zero-order chi connectivity index (χ0) is 21.8. The molecule has 0 aromatic heterocycles. The summed E-state index contributed by atoms with van der Waals surface area (Å²) in [5.74, 6) is -0.852. The average molecular weight is 438 g/mol. The second-order valence-electron chi connectivity index (χ2n) is 6.68. The molecule has 7 nitrogen and oxygen atoms in total. The van der Waals surface area contributed by atoms with E-state index in [-0.39, 0.29) is 22.5 Å². The van der Waals surface area contributed by atoms with Gasteiger partial charge in [0.15, 0.2) is 0 Å². The predicted molar refractivity (Wildman–Crippen MR) is 116 cm³/mol. The highest BCUT2D eigenvalue weighted by molar-refractivity contribution is 7.92. The summed E-state index contributed by atoms with van der Waals surface area (Å²) in [5, 5.41) is 5.72. The number of para-hydroxylation sites is 1. The molecule has 0 spiro atoms. The normalized spacial score (nSPS) is 12.2. The third-order valence-corrected chi connectivity index (χ3v) is 6.00. The molecule has 0 unspecified atom stereocenters. The number of amides is 2. The standard InChI is InChI=1S/C20H24ClN3O4S/c1-5-13(2)22-19(25)15-8-6-7-9-18(15)23-20(26)16-12-14(10-11-17(16)21)24(3)29(4,27)28/h6-13H,5H2,1-4H3,(H,22,25)(H,23,26)/t13-/m0/s1. The lowest BCUT2D eigenvalue weighted by molar-refractivity contribution is 0.0940. The number of halogens is 1. The third kappa shape index (κ3) is 5.71. The smallest absolute Gasteiger partial charge is 0.257 e. The molecule has 0 heterocycles. The van der Waals surface area contributed by atoms with Crippen LogP contribution in [0.15, 0.2) is 42.5 Å². The van der Waals surface area contributed by atoms with Crippen molar-refractivity contribution in [1.82, 2.24) is 5.32 Å². The Morgan fingerprint density at radius 2 is 1.76 bits per heavy atom. The first-order chi connectivity index (χ1) is 13.5. The van der Waals surface area contributed by atoms with Gasteiger partial charge in [-0.1, -0.05) is 30.7 Å². The minimum atomic E-state index is -3.50. The Morgan fingerprint density at radius 3 is 2.38 bits per heavy atom. The number of carbonyl (C=O) groups excluding carboxylic acids is 2. The van der Waals surface area contributed by atoms with E-state index in [0.29, 0.717) is 16.9 Å². The molecule has 2 N–H and O–H groups in total. The van der Waals surface area contributed by atoms with E-state index >= 15 is 0 Å². The number of hydrogen-bond donors (Lipinski definition) is 2. The van der Waals surface area contributed by atoms with Crippen LogP contribution >= 0.6 is 11.6 Å². The van der Waals surface area contributed by atoms with Crippen molar-refractivity contribution in [2.75, 3.05) is 22.9 Å². The predicted octanol–water partition coefficient (Wildman–Crippen LogP) is 3.52. The molecule has 2 amide bonds. The Hall–Kier alpha value is -2.58. The second-order valence-corrected chi connectivity index (χ2v) is 9.10. The molecule has 0 saturated heterocycles. The van der Waals surface area contributed by atoms with Gasteiger partial charge in [-0.3, -0.25) is 13.9 Å². The monoisotopic (exact) mass is 437 g/mol. The Kier molecular flexibility index (Phi) is 7.26. The van der Waals surface area contributed by atoms with E-state index in [2.05, 4.69) is 10.6 Å². The van der Waals surface area contributed by atoms with E-state index in [1.54, 1.807) is 24.3 Å². The zero-order valence-electron chi connectivity index (χ0n) is 16.7. The van der Waals surface area contributed by atoms with Gasteiger partial charge < -0.3 is 10.6 Å². The number of carbonyl (C=O) groups is 2. The van der Waals surface area contributed by atoms with Crippen molar-refractivity contribution in [3.63, 3.8) is 0 Å². The summed E-state index contributed by atoms with van der Waals surface area (Å²) >= 11 is 6.16. The van der Waals surface area contributed by atoms with Crippen LogP contribution in [0.5, 0.6) is 0 Å². The van der Waals surface area contributed by atoms with Crippen molar-refractivity contribution in [1.29, 1.82) is 0 Å². The average Bonchev–Trinajstić information content (AvgIpc) is 2.67. The van der Waals surface area contributed by atoms with Crippen molar-refractivity contribution >= 4 is 44.8 Å². The zero-order valence-corrected chi connectivity index (χ0v) is 18.3. The molecule has 0 saturated carbocycles. The largest absolute Gasteiger partial charge is 0.350 e. The van der Waals surface area contributed by atoms with E-state index in [9.17, 15) is 18.0 Å². The minimum absolute atomic E-state index is 0.0103. The summed E-state index contributed by atoms with van der Waals surface area (Å²) in [6.07, 6.45) is 1.84. The molecule has 2 aromatic rings. The van der Waals surface area contributed by atoms with Gasteiger partial charge >= 0.3 is 0 Å². The van der Waals surface area contributed by atoms with Gasteiger partial charge in [0, 0.05) is 13.1 Å². The Balaban J connectivity index is 2.33. The van der Waals surface area contributed by atoms with Crippen LogP contribution in [0.25, 0.3) is 0 Å². The topological polar surface area (TPSA) is 95.6 Å². The van der Waals surface area contributed by atoms with Crippen LogP contribution in [0.2, 0.25) is 5.02 Å². The highest BCUT2D eigenvalue weighted by Gasteiger charge is 2.19. The molecule has 0 radical (unpaired) electrons. The Bertz CT molecular complexity index is 1020. The number of nitrogens with zero attached hydrogens (tertiary/aromatic N) is 1. The van der Waals surface area contributed by atoms with E-state index in [4.69, 9.17) is 11.6 Å². The molecular formula is C20H24ClN3O4S. The quantitative estimate of drug-likeness (QED) is 0.692. The maximum Gasteiger partial charge on any atom is 0.257 e. The summed E-state index contributed by atoms with van der Waals surface area (Å²) in [6, 6.07) is 11.0. The van der Waals surface area contributed by atoms with Gasteiger partial charge in [0.05, 0.1) is 33.8 Å². The molecule has 2 rings (SSSR count). The number of benzene rings is 2. The van der Waals surface area contributed by atoms with E-state index in [1.165, 1.54) is 25.2 Å². The van der Waals surface area contributed by atoms with Crippen LogP contribution in [0.1, 0.15) is 41.0 Å². The van der Waals surface area contributed by atoms with Crippen LogP contribution in [-0.4, -0.2) is 39.6 Å². The Labute approximate surface area is 176 Å². The first kappa shape index (κ1) is 22.7. The fourth-order valence-electron chi connectivity index (χ4n) is 2.46. The van der Waals surface area contributed by atoms with Crippen LogP contribution in [-0.2, 0) is 10.0 Å². The SMILES string of the molecule is CC[C@H](C)NC(=O)c1ccccc1NC(=O)c1cc(N(C)S(C)(=O)=O)ccc1Cl. The fraction of sp³-hybridized carbons (Fsp3) is 0.300. The molecular weight excluding hydrogens is 414 g/mol. The van der Waals surface area contributed by atoms with Gasteiger partial charge in [-0.25, -0.2) is 8.42 Å². The maximum atomic E-state index is 12.8. The molecule has 1 atom stereocenters. The highest BCUT2D eigenvalue weighted by atomic mass is 35.5. The van der Waals surface area contributed by atoms with Crippen molar-refractivity contribution in [2.45, 2.75) is 26.3 Å². The molecule has 2 aromatic carbocycles. The summed E-state index contributed by atoms with van der Waals surface area (Å²) in [4.78, 5) is 25.3. The van der Waals surface area contributed by atoms with E-state index in [1.807, 2.05) is 13.8 Å². The van der Waals surface area contributed by atoms with E-state index < -0.39 is 15.9 Å². The summed E-state index contributed by atoms with van der Waals surface area (Å²) in [6.45, 7) is 3.85. The van der Waals surface area contributed by atoms with Crippen LogP contribution in [0.4, 0.5) is 11.4 Å². The number of nitrogens with one attached hydrogen (secondary N) is 2. The van der Waals surface area contributed by atoms with Crippen LogP contribution < -0.4 is 14.9 Å². The van der Waals surface area contributed by atoms with Gasteiger partial charge in [-0.2, -0.15) is 0 Å². The third-order valence-electron chi connectivity index (χ3n) is 4.47. The van der Waals surface area contributed by atoms with Crippen molar-refractivity contribution < 1.29 is 18.0 Å². The summed E-state index contributed by atoms with van der Waals surface area (Å²) in [5.41, 5.74) is 1.04. The van der Waals surface area contributed by atoms with Gasteiger partial charge in [0.25, 0.3) is 11.8 Å². The van der Waals surface area contributed by atoms with Crippen molar-refractivity contribution in [3.05, 3.63) is 58.6 Å². The van der Waals surface area contributed by atoms with Crippen LogP contribution in [0, 0.1) is 0 Å². The molecule has 0 aliphatic heterocycles. The van der Waals surface area contributed by atoms with Gasteiger partial charge in [-0.15, -0.1) is 0 Å². The molecule has 0 bridgehead atoms. The van der Waals surface area contributed by atoms with Gasteiger partial charge in [0.1, 0.15) is 0 Å². The lowest BCUT2D eigenvalue weighted by Gasteiger charge is -2.18. The van der Waals surface area contributed by atoms with Gasteiger partial charge in [-0.05, 0) is 43.7 Å². The molecule has 9 heteroatoms. The second kappa shape index (κ2) is 9.28. The number of anilines is 2. The lowest BCUT2D eigenvalue weighted by atomic mass is 10.1. The lowest BCUT2D eigenvalue weighted by Crippen LogP contribution is -2.32. The molecule has 0 aliphatic rings. The molecule has 0 aliphatic carbocycles. The number of hydrogen-bond acceptors (Lipinski definition) is 4. The number of rotatable bonds is 7. The highest BCUT2D eigenvalue weighted by Crippen LogP contribution is 2.25. The van der Waals surface area contributed by atoms with Crippen LogP contribution in [0.3, 0.4) is 0 Å². The molecule has 156 valence electrons. The summed E-state index contributed by atoms with van der Waals surface area (Å²) in [7, 11) is -2.11. The van der Waals surface area contributed by atoms with E-state index in [0.717, 1.165) is 17.0 Å².